The van der Waals surface area contributed by atoms with Gasteiger partial charge in [0, 0.05) is 25.1 Å². The first kappa shape index (κ1) is 13.7. The van der Waals surface area contributed by atoms with E-state index in [1.165, 1.54) is 11.8 Å². The minimum absolute atomic E-state index is 0.347. The summed E-state index contributed by atoms with van der Waals surface area (Å²) in [6, 6.07) is 1.74. The van der Waals surface area contributed by atoms with Crippen LogP contribution in [0.5, 0.6) is 0 Å². The van der Waals surface area contributed by atoms with Gasteiger partial charge in [-0.2, -0.15) is 0 Å². The van der Waals surface area contributed by atoms with E-state index in [9.17, 15) is 0 Å². The summed E-state index contributed by atoms with van der Waals surface area (Å²) in [7, 11) is 0. The molecule has 0 spiro atoms. The molecule has 0 atom stereocenters. The molecule has 2 aromatic heterocycles. The molecule has 0 saturated carbocycles. The molecule has 19 heavy (non-hydrogen) atoms. The topological polar surface area (TPSA) is 98.8 Å². The standard InChI is InChI=1S/C11H14N6OS/c1-2-18-7-9-15-8(17-12)5-10(16-9)19-11-6-13-3-4-14-11/h3-6H,2,7,12H2,1H3,(H,15,16,17). The number of nitrogens with two attached hydrogens (primary N) is 1. The molecule has 2 aromatic rings. The molecule has 100 valence electrons. The highest BCUT2D eigenvalue weighted by Crippen LogP contribution is 2.24. The molecule has 7 nitrogen and oxygen atoms in total. The number of rotatable bonds is 6. The predicted molar refractivity (Wildman–Crippen MR) is 71.3 cm³/mol. The average Bonchev–Trinajstić information content (AvgIpc) is 2.46. The Hall–Kier alpha value is -1.77. The summed E-state index contributed by atoms with van der Waals surface area (Å²) in [5, 5.41) is 1.49. The molecule has 0 bridgehead atoms. The maximum atomic E-state index is 5.39. The largest absolute Gasteiger partial charge is 0.374 e. The van der Waals surface area contributed by atoms with Gasteiger partial charge in [-0.1, -0.05) is 0 Å². The Balaban J connectivity index is 2.19. The summed E-state index contributed by atoms with van der Waals surface area (Å²) in [5.41, 5.74) is 2.51. The second-order valence-electron chi connectivity index (χ2n) is 3.43. The van der Waals surface area contributed by atoms with Gasteiger partial charge in [0.2, 0.25) is 0 Å². The number of aromatic nitrogens is 4. The zero-order chi connectivity index (χ0) is 13.5. The zero-order valence-electron chi connectivity index (χ0n) is 10.4. The van der Waals surface area contributed by atoms with Gasteiger partial charge in [0.05, 0.1) is 6.20 Å². The molecule has 0 aliphatic heterocycles. The molecular weight excluding hydrogens is 264 g/mol. The van der Waals surface area contributed by atoms with Crippen LogP contribution < -0.4 is 11.3 Å². The van der Waals surface area contributed by atoms with Crippen LogP contribution in [-0.4, -0.2) is 26.5 Å². The van der Waals surface area contributed by atoms with Crippen LogP contribution in [0.1, 0.15) is 12.7 Å². The maximum Gasteiger partial charge on any atom is 0.157 e. The van der Waals surface area contributed by atoms with Crippen molar-refractivity contribution in [1.29, 1.82) is 0 Å². The molecule has 2 rings (SSSR count). The molecule has 2 heterocycles. The van der Waals surface area contributed by atoms with E-state index in [-0.39, 0.29) is 0 Å². The summed E-state index contributed by atoms with van der Waals surface area (Å²) < 4.78 is 5.29. The van der Waals surface area contributed by atoms with Crippen LogP contribution in [0.15, 0.2) is 34.7 Å². The molecule has 0 saturated heterocycles. The van der Waals surface area contributed by atoms with Crippen LogP contribution in [0.25, 0.3) is 0 Å². The van der Waals surface area contributed by atoms with Crippen molar-refractivity contribution in [1.82, 2.24) is 19.9 Å². The van der Waals surface area contributed by atoms with Crippen molar-refractivity contribution < 1.29 is 4.74 Å². The van der Waals surface area contributed by atoms with Crippen molar-refractivity contribution >= 4 is 17.6 Å². The molecule has 3 N–H and O–H groups in total. The SMILES string of the molecule is CCOCc1nc(NN)cc(Sc2cnccn2)n1. The third-order valence-corrected chi connectivity index (χ3v) is 2.92. The van der Waals surface area contributed by atoms with Crippen LogP contribution in [0.2, 0.25) is 0 Å². The number of hydrazine groups is 1. The second-order valence-corrected chi connectivity index (χ2v) is 4.48. The minimum Gasteiger partial charge on any atom is -0.374 e. The summed E-state index contributed by atoms with van der Waals surface area (Å²) in [6.45, 7) is 2.87. The van der Waals surface area contributed by atoms with Gasteiger partial charge in [0.15, 0.2) is 5.82 Å². The summed E-state index contributed by atoms with van der Waals surface area (Å²) in [4.78, 5) is 16.8. The van der Waals surface area contributed by atoms with Crippen molar-refractivity contribution in [2.45, 2.75) is 23.6 Å². The van der Waals surface area contributed by atoms with Gasteiger partial charge in [-0.3, -0.25) is 4.98 Å². The molecule has 0 fully saturated rings. The minimum atomic E-state index is 0.347. The normalized spacial score (nSPS) is 10.4. The Morgan fingerprint density at radius 3 is 2.89 bits per heavy atom. The molecule has 0 radical (unpaired) electrons. The van der Waals surface area contributed by atoms with Crippen LogP contribution in [-0.2, 0) is 11.3 Å². The Labute approximate surface area is 115 Å². The van der Waals surface area contributed by atoms with E-state index in [2.05, 4.69) is 25.4 Å². The van der Waals surface area contributed by atoms with Crippen LogP contribution in [0, 0.1) is 0 Å². The second kappa shape index (κ2) is 6.98. The van der Waals surface area contributed by atoms with Crippen LogP contribution in [0.4, 0.5) is 5.82 Å². The molecule has 0 aliphatic carbocycles. The molecule has 0 amide bonds. The summed E-state index contributed by atoms with van der Waals surface area (Å²) in [6.07, 6.45) is 4.93. The van der Waals surface area contributed by atoms with Gasteiger partial charge in [0.25, 0.3) is 0 Å². The quantitative estimate of drug-likeness (QED) is 0.462. The third-order valence-electron chi connectivity index (χ3n) is 2.08. The first-order valence-electron chi connectivity index (χ1n) is 5.68. The molecular formula is C11H14N6OS. The summed E-state index contributed by atoms with van der Waals surface area (Å²) in [5.74, 6) is 6.50. The number of hydrogen-bond donors (Lipinski definition) is 2. The lowest BCUT2D eigenvalue weighted by molar-refractivity contribution is 0.128. The lowest BCUT2D eigenvalue weighted by Crippen LogP contribution is -2.11. The predicted octanol–water partition coefficient (Wildman–Crippen LogP) is 1.24. The highest BCUT2D eigenvalue weighted by molar-refractivity contribution is 7.99. The van der Waals surface area contributed by atoms with Crippen molar-refractivity contribution in [3.05, 3.63) is 30.5 Å². The highest BCUT2D eigenvalue weighted by Gasteiger charge is 2.06. The van der Waals surface area contributed by atoms with Gasteiger partial charge in [-0.15, -0.1) is 0 Å². The maximum absolute atomic E-state index is 5.39. The summed E-state index contributed by atoms with van der Waals surface area (Å²) >= 11 is 1.39. The monoisotopic (exact) mass is 278 g/mol. The van der Waals surface area contributed by atoms with E-state index in [1.54, 1.807) is 24.7 Å². The van der Waals surface area contributed by atoms with Gasteiger partial charge in [-0.05, 0) is 18.7 Å². The Bertz CT molecular complexity index is 524. The number of nitrogen functional groups attached to an aromatic ring is 1. The number of hydrogen-bond acceptors (Lipinski definition) is 8. The van der Waals surface area contributed by atoms with Crippen molar-refractivity contribution in [3.63, 3.8) is 0 Å². The van der Waals surface area contributed by atoms with Crippen LogP contribution in [0.3, 0.4) is 0 Å². The fourth-order valence-corrected chi connectivity index (χ4v) is 2.07. The van der Waals surface area contributed by atoms with E-state index in [0.29, 0.717) is 24.9 Å². The van der Waals surface area contributed by atoms with E-state index in [1.807, 2.05) is 6.92 Å². The van der Waals surface area contributed by atoms with Gasteiger partial charge < -0.3 is 10.2 Å². The molecule has 0 aromatic carbocycles. The van der Waals surface area contributed by atoms with E-state index in [0.717, 1.165) is 10.1 Å². The first-order chi connectivity index (χ1) is 9.31. The van der Waals surface area contributed by atoms with Crippen molar-refractivity contribution in [2.24, 2.45) is 5.84 Å². The molecule has 8 heteroatoms. The van der Waals surface area contributed by atoms with Gasteiger partial charge in [0.1, 0.15) is 22.5 Å². The smallest absolute Gasteiger partial charge is 0.157 e. The number of ether oxygens (including phenoxy) is 1. The lowest BCUT2D eigenvalue weighted by Gasteiger charge is -2.07. The molecule has 0 aliphatic rings. The highest BCUT2D eigenvalue weighted by atomic mass is 32.2. The van der Waals surface area contributed by atoms with E-state index < -0.39 is 0 Å². The fraction of sp³-hybridized carbons (Fsp3) is 0.273. The Kier molecular flexibility index (Phi) is 5.01. The Morgan fingerprint density at radius 1 is 1.32 bits per heavy atom. The number of nitrogens with zero attached hydrogens (tertiary/aromatic N) is 4. The number of anilines is 1. The Morgan fingerprint density at radius 2 is 2.21 bits per heavy atom. The van der Waals surface area contributed by atoms with E-state index >= 15 is 0 Å². The van der Waals surface area contributed by atoms with Crippen molar-refractivity contribution in [3.8, 4) is 0 Å². The third kappa shape index (κ3) is 4.12. The average molecular weight is 278 g/mol. The fourth-order valence-electron chi connectivity index (χ4n) is 1.30. The number of nitrogens with one attached hydrogen (secondary N) is 1. The van der Waals surface area contributed by atoms with E-state index in [4.69, 9.17) is 10.6 Å². The first-order valence-corrected chi connectivity index (χ1v) is 6.49. The lowest BCUT2D eigenvalue weighted by atomic mass is 10.5. The van der Waals surface area contributed by atoms with Crippen molar-refractivity contribution in [2.75, 3.05) is 12.0 Å². The van der Waals surface area contributed by atoms with Gasteiger partial charge in [-0.25, -0.2) is 20.8 Å². The molecule has 0 unspecified atom stereocenters. The van der Waals surface area contributed by atoms with Crippen LogP contribution >= 0.6 is 11.8 Å². The zero-order valence-corrected chi connectivity index (χ0v) is 11.2. The van der Waals surface area contributed by atoms with Gasteiger partial charge >= 0.3 is 0 Å².